The highest BCUT2D eigenvalue weighted by Crippen LogP contribution is 2.42. The molecule has 0 aliphatic carbocycles. The van der Waals surface area contributed by atoms with Crippen molar-refractivity contribution in [1.82, 2.24) is 4.57 Å². The predicted molar refractivity (Wildman–Crippen MR) is 101 cm³/mol. The van der Waals surface area contributed by atoms with Crippen molar-refractivity contribution < 1.29 is 12.8 Å². The maximum Gasteiger partial charge on any atom is 0.175 e. The van der Waals surface area contributed by atoms with E-state index in [4.69, 9.17) is 0 Å². The van der Waals surface area contributed by atoms with Gasteiger partial charge in [0.15, 0.2) is 9.84 Å². The molecule has 0 atom stereocenters. The third-order valence-corrected chi connectivity index (χ3v) is 6.26. The summed E-state index contributed by atoms with van der Waals surface area (Å²) >= 11 is 0. The minimum atomic E-state index is -3.22. The summed E-state index contributed by atoms with van der Waals surface area (Å²) in [4.78, 5) is 0.317. The van der Waals surface area contributed by atoms with Gasteiger partial charge < -0.3 is 4.57 Å². The Morgan fingerprint density at radius 2 is 1.50 bits per heavy atom. The number of hydrogen-bond acceptors (Lipinski definition) is 2. The molecule has 0 N–H and O–H groups in total. The monoisotopic (exact) mass is 369 g/mol. The second-order valence-corrected chi connectivity index (χ2v) is 8.86. The molecule has 4 rings (SSSR count). The smallest absolute Gasteiger partial charge is 0.175 e. The quantitative estimate of drug-likeness (QED) is 0.676. The number of nitrogens with zero attached hydrogens (tertiary/aromatic N) is 1. The van der Waals surface area contributed by atoms with Crippen LogP contribution >= 0.6 is 0 Å². The van der Waals surface area contributed by atoms with E-state index in [9.17, 15) is 12.8 Å². The summed E-state index contributed by atoms with van der Waals surface area (Å²) in [6, 6.07) is 13.6. The molecular weight excluding hydrogens is 349 g/mol. The standard InChI is InChI=1S/C21H20FNO2S/c1-14-20(15-5-9-17(22)10-6-15)21(19-4-3-13-23(14)19)16-7-11-18(12-8-16)26(2,24)25/h5-12H,3-4,13H2,1-2H3. The number of benzene rings is 2. The zero-order valence-corrected chi connectivity index (χ0v) is 15.6. The number of hydrogen-bond donors (Lipinski definition) is 0. The lowest BCUT2D eigenvalue weighted by Gasteiger charge is -2.09. The van der Waals surface area contributed by atoms with Crippen molar-refractivity contribution in [2.24, 2.45) is 0 Å². The first-order valence-electron chi connectivity index (χ1n) is 8.64. The lowest BCUT2D eigenvalue weighted by molar-refractivity contribution is 0.602. The van der Waals surface area contributed by atoms with Gasteiger partial charge in [-0.2, -0.15) is 0 Å². The number of rotatable bonds is 3. The molecule has 0 unspecified atom stereocenters. The molecule has 0 bridgehead atoms. The van der Waals surface area contributed by atoms with Crippen molar-refractivity contribution in [2.45, 2.75) is 31.2 Å². The van der Waals surface area contributed by atoms with Crippen LogP contribution in [-0.2, 0) is 22.8 Å². The summed E-state index contributed by atoms with van der Waals surface area (Å²) in [5.74, 6) is -0.253. The van der Waals surface area contributed by atoms with Gasteiger partial charge in [0.1, 0.15) is 5.82 Å². The van der Waals surface area contributed by atoms with Gasteiger partial charge in [0.2, 0.25) is 0 Å². The minimum absolute atomic E-state index is 0.253. The van der Waals surface area contributed by atoms with Gasteiger partial charge in [0.25, 0.3) is 0 Å². The first-order chi connectivity index (χ1) is 12.4. The molecule has 134 valence electrons. The van der Waals surface area contributed by atoms with Gasteiger partial charge >= 0.3 is 0 Å². The van der Waals surface area contributed by atoms with Crippen LogP contribution in [-0.4, -0.2) is 19.2 Å². The molecule has 3 aromatic rings. The highest BCUT2D eigenvalue weighted by molar-refractivity contribution is 7.90. The predicted octanol–water partition coefficient (Wildman–Crippen LogP) is 4.62. The van der Waals surface area contributed by atoms with Gasteiger partial charge in [-0.15, -0.1) is 0 Å². The third kappa shape index (κ3) is 2.76. The molecular formula is C21H20FNO2S. The van der Waals surface area contributed by atoms with Crippen molar-refractivity contribution in [3.05, 3.63) is 65.7 Å². The van der Waals surface area contributed by atoms with Crippen LogP contribution in [0.3, 0.4) is 0 Å². The van der Waals surface area contributed by atoms with Gasteiger partial charge in [0, 0.05) is 35.3 Å². The number of fused-ring (bicyclic) bond motifs is 1. The summed E-state index contributed by atoms with van der Waals surface area (Å²) in [5.41, 5.74) is 6.65. The van der Waals surface area contributed by atoms with E-state index in [1.165, 1.54) is 29.8 Å². The first kappa shape index (κ1) is 17.0. The zero-order chi connectivity index (χ0) is 18.5. The molecule has 0 amide bonds. The molecule has 2 aromatic carbocycles. The van der Waals surface area contributed by atoms with Gasteiger partial charge in [0.05, 0.1) is 4.90 Å². The summed E-state index contributed by atoms with van der Waals surface area (Å²) in [6.45, 7) is 3.08. The molecule has 5 heteroatoms. The molecule has 26 heavy (non-hydrogen) atoms. The molecule has 0 spiro atoms. The second kappa shape index (κ2) is 6.09. The van der Waals surface area contributed by atoms with E-state index in [-0.39, 0.29) is 5.82 Å². The van der Waals surface area contributed by atoms with Crippen LogP contribution in [0.2, 0.25) is 0 Å². The fourth-order valence-corrected chi connectivity index (χ4v) is 4.54. The molecule has 3 nitrogen and oxygen atoms in total. The van der Waals surface area contributed by atoms with Crippen molar-refractivity contribution in [1.29, 1.82) is 0 Å². The molecule has 0 saturated carbocycles. The Hall–Kier alpha value is -2.40. The van der Waals surface area contributed by atoms with Crippen LogP contribution in [0, 0.1) is 12.7 Å². The number of aromatic nitrogens is 1. The fraction of sp³-hybridized carbons (Fsp3) is 0.238. The Morgan fingerprint density at radius 3 is 2.12 bits per heavy atom. The number of sulfone groups is 1. The molecule has 0 fully saturated rings. The van der Waals surface area contributed by atoms with Gasteiger partial charge in [-0.1, -0.05) is 24.3 Å². The summed E-state index contributed by atoms with van der Waals surface area (Å²) in [7, 11) is -3.22. The lowest BCUT2D eigenvalue weighted by atomic mass is 9.94. The van der Waals surface area contributed by atoms with E-state index in [2.05, 4.69) is 11.5 Å². The summed E-state index contributed by atoms with van der Waals surface area (Å²) < 4.78 is 39.2. The van der Waals surface area contributed by atoms with Crippen LogP contribution in [0.4, 0.5) is 4.39 Å². The van der Waals surface area contributed by atoms with Crippen LogP contribution in [0.5, 0.6) is 0 Å². The molecule has 1 aromatic heterocycles. The normalized spacial score (nSPS) is 13.8. The molecule has 0 saturated heterocycles. The first-order valence-corrected chi connectivity index (χ1v) is 10.5. The van der Waals surface area contributed by atoms with Gasteiger partial charge in [-0.05, 0) is 55.2 Å². The largest absolute Gasteiger partial charge is 0.348 e. The second-order valence-electron chi connectivity index (χ2n) is 6.84. The molecule has 0 radical (unpaired) electrons. The maximum absolute atomic E-state index is 13.4. The maximum atomic E-state index is 13.4. The Bertz CT molecular complexity index is 1080. The SMILES string of the molecule is Cc1c(-c2ccc(F)cc2)c(-c2ccc(S(C)(=O)=O)cc2)c2n1CCC2. The average molecular weight is 369 g/mol. The molecule has 2 heterocycles. The van der Waals surface area contributed by atoms with Gasteiger partial charge in [-0.25, -0.2) is 12.8 Å². The highest BCUT2D eigenvalue weighted by Gasteiger charge is 2.25. The summed E-state index contributed by atoms with van der Waals surface area (Å²) in [6.07, 6.45) is 3.31. The Kier molecular flexibility index (Phi) is 3.99. The molecule has 1 aliphatic rings. The van der Waals surface area contributed by atoms with Crippen molar-refractivity contribution in [2.75, 3.05) is 6.26 Å². The third-order valence-electron chi connectivity index (χ3n) is 5.13. The minimum Gasteiger partial charge on any atom is -0.348 e. The van der Waals surface area contributed by atoms with E-state index < -0.39 is 9.84 Å². The van der Waals surface area contributed by atoms with E-state index in [1.807, 2.05) is 24.3 Å². The average Bonchev–Trinajstić information content (AvgIpc) is 3.17. The van der Waals surface area contributed by atoms with E-state index >= 15 is 0 Å². The zero-order valence-electron chi connectivity index (χ0n) is 14.8. The lowest BCUT2D eigenvalue weighted by Crippen LogP contribution is -1.96. The van der Waals surface area contributed by atoms with Crippen LogP contribution in [0.1, 0.15) is 17.8 Å². The van der Waals surface area contributed by atoms with E-state index in [1.54, 1.807) is 12.1 Å². The van der Waals surface area contributed by atoms with Crippen LogP contribution in [0.15, 0.2) is 53.4 Å². The Balaban J connectivity index is 1.93. The highest BCUT2D eigenvalue weighted by atomic mass is 32.2. The molecule has 1 aliphatic heterocycles. The Labute approximate surface area is 153 Å². The van der Waals surface area contributed by atoms with Crippen molar-refractivity contribution in [3.8, 4) is 22.3 Å². The van der Waals surface area contributed by atoms with Gasteiger partial charge in [-0.3, -0.25) is 0 Å². The number of halogens is 1. The van der Waals surface area contributed by atoms with Crippen molar-refractivity contribution >= 4 is 9.84 Å². The van der Waals surface area contributed by atoms with Crippen LogP contribution in [0.25, 0.3) is 22.3 Å². The van der Waals surface area contributed by atoms with E-state index in [0.29, 0.717) is 4.90 Å². The van der Waals surface area contributed by atoms with Crippen LogP contribution < -0.4 is 0 Å². The van der Waals surface area contributed by atoms with Crippen molar-refractivity contribution in [3.63, 3.8) is 0 Å². The topological polar surface area (TPSA) is 39.1 Å². The Morgan fingerprint density at radius 1 is 0.923 bits per heavy atom. The fourth-order valence-electron chi connectivity index (χ4n) is 3.91. The summed E-state index contributed by atoms with van der Waals surface area (Å²) in [5, 5.41) is 0. The van der Waals surface area contributed by atoms with E-state index in [0.717, 1.165) is 41.6 Å².